The zero-order chi connectivity index (χ0) is 43.4. The van der Waals surface area contributed by atoms with Crippen LogP contribution in [0.15, 0.2) is 45.3 Å². The number of esters is 1. The molecule has 0 aliphatic carbocycles. The maximum Gasteiger partial charge on any atom is 0.317 e. The van der Waals surface area contributed by atoms with E-state index in [9.17, 15) is 24.6 Å². The van der Waals surface area contributed by atoms with Gasteiger partial charge in [-0.3, -0.25) is 19.4 Å². The number of carbonyl (C=O) groups is 3. The van der Waals surface area contributed by atoms with Gasteiger partial charge in [0, 0.05) is 48.3 Å². The van der Waals surface area contributed by atoms with E-state index in [1.165, 1.54) is 13.8 Å². The van der Waals surface area contributed by atoms with E-state index in [0.29, 0.717) is 35.7 Å². The van der Waals surface area contributed by atoms with Crippen LogP contribution in [0.5, 0.6) is 0 Å². The first-order valence-electron chi connectivity index (χ1n) is 20.3. The number of halogens is 1. The number of Topliss-reactive ketones (excluding diaryl/α,β-unsaturated/α-hetero) is 1. The quantitative estimate of drug-likeness (QED) is 0.121. The number of aliphatic hydroxyl groups excluding tert-OH is 1. The van der Waals surface area contributed by atoms with Crippen LogP contribution in [-0.2, 0) is 44.8 Å². The van der Waals surface area contributed by atoms with Crippen LogP contribution in [0.25, 0.3) is 11.5 Å². The Morgan fingerprint density at radius 2 is 1.83 bits per heavy atom. The Kier molecular flexibility index (Phi) is 15.6. The fourth-order valence-electron chi connectivity index (χ4n) is 8.72. The van der Waals surface area contributed by atoms with Gasteiger partial charge in [0.25, 0.3) is 0 Å². The second-order valence-electron chi connectivity index (χ2n) is 17.1. The third-order valence-corrected chi connectivity index (χ3v) is 13.6. The monoisotopic (exact) mass is 937 g/mol. The third-order valence-electron chi connectivity index (χ3n) is 12.1. The van der Waals surface area contributed by atoms with Gasteiger partial charge in [-0.2, -0.15) is 0 Å². The number of fused-ring (bicyclic) bond motifs is 5. The third kappa shape index (κ3) is 11.0. The molecule has 2 aromatic rings. The summed E-state index contributed by atoms with van der Waals surface area (Å²) in [6, 6.07) is 5.04. The second-order valence-corrected chi connectivity index (χ2v) is 18.2. The summed E-state index contributed by atoms with van der Waals surface area (Å²) in [6.07, 6.45) is 0.851. The molecule has 3 aliphatic rings. The van der Waals surface area contributed by atoms with E-state index in [0.717, 1.165) is 5.56 Å². The van der Waals surface area contributed by atoms with E-state index in [1.54, 1.807) is 38.4 Å². The first kappa shape index (κ1) is 46.9. The van der Waals surface area contributed by atoms with E-state index in [1.807, 2.05) is 75.3 Å². The maximum absolute atomic E-state index is 14.4. The number of oxime groups is 1. The minimum absolute atomic E-state index is 0.0709. The zero-order valence-electron chi connectivity index (χ0n) is 35.7. The number of ketones is 1. The molecule has 0 radical (unpaired) electrons. The molecule has 16 nitrogen and oxygen atoms in total. The van der Waals surface area contributed by atoms with E-state index in [2.05, 4.69) is 20.3 Å². The van der Waals surface area contributed by atoms with Crippen molar-refractivity contribution in [2.45, 2.75) is 134 Å². The molecule has 0 spiro atoms. The molecule has 59 heavy (non-hydrogen) atoms. The molecule has 5 heterocycles. The summed E-state index contributed by atoms with van der Waals surface area (Å²) in [4.78, 5) is 57.8. The summed E-state index contributed by atoms with van der Waals surface area (Å²) in [7, 11) is 3.74. The molecule has 3 aliphatic heterocycles. The average Bonchev–Trinajstić information content (AvgIpc) is 3.72. The number of aliphatic imine (C=N–C) groups is 1. The van der Waals surface area contributed by atoms with Gasteiger partial charge in [0.05, 0.1) is 36.3 Å². The number of pyridine rings is 1. The number of rotatable bonds is 7. The highest BCUT2D eigenvalue weighted by molar-refractivity contribution is 14.1. The maximum atomic E-state index is 14.4. The van der Waals surface area contributed by atoms with Crippen LogP contribution in [0.3, 0.4) is 0 Å². The first-order chi connectivity index (χ1) is 27.7. The molecular weight excluding hydrogens is 877 g/mol. The molecule has 2 N–H and O–H groups in total. The van der Waals surface area contributed by atoms with Crippen molar-refractivity contribution in [1.82, 2.24) is 15.0 Å². The fraction of sp³-hybridized carbons (Fsp3) is 0.690. The van der Waals surface area contributed by atoms with Crippen LogP contribution in [0, 0.1) is 29.6 Å². The largest absolute Gasteiger partial charge is 0.448 e. The highest BCUT2D eigenvalue weighted by atomic mass is 127. The van der Waals surface area contributed by atoms with E-state index in [-0.39, 0.29) is 38.2 Å². The summed E-state index contributed by atoms with van der Waals surface area (Å²) in [5.41, 5.74) is -0.647. The molecular formula is C42H60IN5O11. The lowest BCUT2D eigenvalue weighted by atomic mass is 9.70. The molecule has 0 aromatic carbocycles. The van der Waals surface area contributed by atoms with Crippen LogP contribution < -0.4 is 0 Å². The molecule has 1 amide bonds. The van der Waals surface area contributed by atoms with Gasteiger partial charge >= 0.3 is 5.97 Å². The molecule has 5 rings (SSSR count). The second kappa shape index (κ2) is 19.7. The number of alkyl halides is 1. The molecule has 2 bridgehead atoms. The summed E-state index contributed by atoms with van der Waals surface area (Å²) >= 11 is 1.90. The lowest BCUT2D eigenvalue weighted by Gasteiger charge is -2.47. The Labute approximate surface area is 359 Å². The minimum Gasteiger partial charge on any atom is -0.448 e. The van der Waals surface area contributed by atoms with Crippen LogP contribution in [0.1, 0.15) is 86.6 Å². The zero-order valence-corrected chi connectivity index (χ0v) is 37.8. The lowest BCUT2D eigenvalue weighted by molar-refractivity contribution is -0.296. The number of hydrogen-bond donors (Lipinski definition) is 2. The van der Waals surface area contributed by atoms with Gasteiger partial charge in [0.15, 0.2) is 21.9 Å². The summed E-state index contributed by atoms with van der Waals surface area (Å²) in [5, 5.41) is 32.3. The lowest BCUT2D eigenvalue weighted by Crippen LogP contribution is -2.59. The Bertz CT molecular complexity index is 1820. The number of nitrogens with zero attached hydrogens (tertiary/aromatic N) is 5. The molecule has 326 valence electrons. The van der Waals surface area contributed by atoms with Gasteiger partial charge in [-0.05, 0) is 108 Å². The van der Waals surface area contributed by atoms with Crippen LogP contribution in [-0.4, -0.2) is 121 Å². The van der Waals surface area contributed by atoms with E-state index >= 15 is 0 Å². The number of carbonyl (C=O) groups excluding carboxylic acids is 3. The first-order valence-corrected chi connectivity index (χ1v) is 21.5. The highest BCUT2D eigenvalue weighted by Crippen LogP contribution is 2.43. The number of ether oxygens (including phenoxy) is 4. The number of aromatic nitrogens is 2. The van der Waals surface area contributed by atoms with Crippen molar-refractivity contribution in [2.75, 3.05) is 20.7 Å². The molecule has 13 atom stereocenters. The van der Waals surface area contributed by atoms with Gasteiger partial charge in [0.2, 0.25) is 5.91 Å². The number of hydrogen-bond acceptors (Lipinski definition) is 15. The summed E-state index contributed by atoms with van der Waals surface area (Å²) < 4.78 is 30.0. The Morgan fingerprint density at radius 3 is 2.46 bits per heavy atom. The molecule has 3 saturated heterocycles. The van der Waals surface area contributed by atoms with Crippen molar-refractivity contribution in [3.05, 3.63) is 36.2 Å². The van der Waals surface area contributed by atoms with Gasteiger partial charge in [-0.1, -0.05) is 37.1 Å². The Morgan fingerprint density at radius 1 is 1.10 bits per heavy atom. The number of likely N-dealkylation sites (N-methyl/N-ethyl adjacent to an activating group) is 1. The smallest absolute Gasteiger partial charge is 0.317 e. The normalized spacial score (nSPS) is 38.0. The highest BCUT2D eigenvalue weighted by Gasteiger charge is 2.52. The van der Waals surface area contributed by atoms with Gasteiger partial charge in [-0.25, -0.2) is 4.99 Å². The van der Waals surface area contributed by atoms with E-state index in [4.69, 9.17) is 28.3 Å². The molecule has 2 aromatic heterocycles. The number of aliphatic hydroxyl groups is 2. The van der Waals surface area contributed by atoms with Crippen molar-refractivity contribution in [3.63, 3.8) is 0 Å². The standard InChI is InChI=1S/C42H60IN5O11/c1-22-18-41(7)37(57-39-36(51)32(48(9)10)17-23(2)56-39)25(4)35(50)26(5)38(52)58-40(43)42(8,53)30(24(3)34(22)46-27(6)49)13-12-29(21-54-41)47-55-20-28-11-14-31(44-19-28)33-15-16-45-59-33/h11,14-16,19,22-26,30,32,36-37,39-40,51,53H,12-13,17-18,20-21H2,1-10H3/b46-34+,47-29+/t22-,23-,24-,25+,26-,30-,32+,36-,37-,39+,40+,41-,42+/m1/s1. The van der Waals surface area contributed by atoms with Crippen LogP contribution >= 0.6 is 22.6 Å². The van der Waals surface area contributed by atoms with Crippen LogP contribution in [0.2, 0.25) is 0 Å². The number of amides is 1. The van der Waals surface area contributed by atoms with Crippen LogP contribution in [0.4, 0.5) is 0 Å². The molecule has 0 unspecified atom stereocenters. The summed E-state index contributed by atoms with van der Waals surface area (Å²) in [5.74, 6) is -5.01. The summed E-state index contributed by atoms with van der Waals surface area (Å²) in [6.45, 7) is 13.7. The van der Waals surface area contributed by atoms with Crippen molar-refractivity contribution >= 4 is 51.7 Å². The Balaban J connectivity index is 1.62. The fourth-order valence-corrected chi connectivity index (χ4v) is 9.44. The van der Waals surface area contributed by atoms with Gasteiger partial charge in [0.1, 0.15) is 29.9 Å². The number of cyclic esters (lactones) is 1. The van der Waals surface area contributed by atoms with Gasteiger partial charge in [-0.15, -0.1) is 0 Å². The van der Waals surface area contributed by atoms with Gasteiger partial charge < -0.3 is 43.4 Å². The van der Waals surface area contributed by atoms with Crippen molar-refractivity contribution < 1.29 is 52.9 Å². The molecule has 17 heteroatoms. The van der Waals surface area contributed by atoms with E-state index < -0.39 is 81.1 Å². The minimum atomic E-state index is -1.66. The molecule has 0 saturated carbocycles. The Hall–Kier alpha value is -3.20. The topological polar surface area (TPSA) is 205 Å². The van der Waals surface area contributed by atoms with Crippen molar-refractivity contribution in [2.24, 2.45) is 39.7 Å². The SMILES string of the molecule is CC(=O)/N=C1\[C@H](C)C[C@@]2(C)OC/C(=N/OCc3ccc(-c4ccno4)nc3)CC[C@H]([C@H]1C)[C@](C)(O)[C@@H](I)OC(=O)[C@H](C)C(=O)[C@H](C)[C@H]2O[C@@H]1O[C@H](C)C[C@H](N(C)C)[C@H]1O. The average molecular weight is 938 g/mol. The van der Waals surface area contributed by atoms with Crippen molar-refractivity contribution in [3.8, 4) is 11.5 Å². The predicted molar refractivity (Wildman–Crippen MR) is 225 cm³/mol. The van der Waals surface area contributed by atoms with Crippen molar-refractivity contribution in [1.29, 1.82) is 0 Å². The predicted octanol–water partition coefficient (Wildman–Crippen LogP) is 5.17. The molecule has 3 fully saturated rings.